The molecule has 21 heavy (non-hydrogen) atoms. The minimum absolute atomic E-state index is 0.327. The Morgan fingerprint density at radius 1 is 1.33 bits per heavy atom. The number of primary amides is 1. The van der Waals surface area contributed by atoms with E-state index in [1.165, 1.54) is 0 Å². The largest absolute Gasteiger partial charge is 0.368 e. The number of nitrogens with one attached hydrogen (secondary N) is 1. The Kier molecular flexibility index (Phi) is 6.85. The number of rotatable bonds is 9. The minimum atomic E-state index is -0.835. The van der Waals surface area contributed by atoms with Crippen molar-refractivity contribution in [3.8, 4) is 0 Å². The summed E-state index contributed by atoms with van der Waals surface area (Å²) in [6, 6.07) is 9.76. The molecule has 0 bridgehead atoms. The van der Waals surface area contributed by atoms with Crippen molar-refractivity contribution in [2.45, 2.75) is 32.7 Å². The number of benzene rings is 1. The van der Waals surface area contributed by atoms with E-state index in [-0.39, 0.29) is 5.91 Å². The van der Waals surface area contributed by atoms with Gasteiger partial charge in [0.25, 0.3) is 0 Å². The molecule has 0 aliphatic heterocycles. The third-order valence-electron chi connectivity index (χ3n) is 3.99. The first kappa shape index (κ1) is 17.7. The van der Waals surface area contributed by atoms with E-state index in [4.69, 9.17) is 5.73 Å². The fourth-order valence-electron chi connectivity index (χ4n) is 2.71. The molecule has 0 heterocycles. The molecule has 4 heteroatoms. The highest BCUT2D eigenvalue weighted by Crippen LogP contribution is 2.22. The van der Waals surface area contributed by atoms with Crippen molar-refractivity contribution in [1.29, 1.82) is 0 Å². The number of carbonyl (C=O) groups is 1. The maximum absolute atomic E-state index is 12.2. The summed E-state index contributed by atoms with van der Waals surface area (Å²) in [5.41, 5.74) is 5.86. The lowest BCUT2D eigenvalue weighted by Crippen LogP contribution is -2.58. The summed E-state index contributed by atoms with van der Waals surface area (Å²) < 4.78 is 0. The van der Waals surface area contributed by atoms with E-state index in [1.807, 2.05) is 44.3 Å². The molecule has 2 atom stereocenters. The molecule has 3 N–H and O–H groups in total. The lowest BCUT2D eigenvalue weighted by Gasteiger charge is -2.36. The fraction of sp³-hybridized carbons (Fsp3) is 0.588. The van der Waals surface area contributed by atoms with Crippen molar-refractivity contribution in [1.82, 2.24) is 10.2 Å². The molecule has 0 aromatic heterocycles. The second-order valence-corrected chi connectivity index (χ2v) is 5.88. The van der Waals surface area contributed by atoms with Crippen LogP contribution in [0.4, 0.5) is 0 Å². The van der Waals surface area contributed by atoms with Crippen LogP contribution in [0, 0.1) is 5.92 Å². The zero-order valence-corrected chi connectivity index (χ0v) is 13.7. The molecule has 118 valence electrons. The summed E-state index contributed by atoms with van der Waals surface area (Å²) in [4.78, 5) is 14.4. The van der Waals surface area contributed by atoms with Gasteiger partial charge in [0, 0.05) is 13.1 Å². The smallest absolute Gasteiger partial charge is 0.243 e. The van der Waals surface area contributed by atoms with Gasteiger partial charge in [-0.2, -0.15) is 0 Å². The van der Waals surface area contributed by atoms with Gasteiger partial charge in [-0.1, -0.05) is 57.5 Å². The maximum atomic E-state index is 12.2. The van der Waals surface area contributed by atoms with Gasteiger partial charge in [-0.3, -0.25) is 10.1 Å². The van der Waals surface area contributed by atoms with E-state index in [9.17, 15) is 4.79 Å². The number of likely N-dealkylation sites (N-methyl/N-ethyl adjacent to an activating group) is 2. The van der Waals surface area contributed by atoms with Crippen molar-refractivity contribution >= 4 is 5.91 Å². The topological polar surface area (TPSA) is 58.4 Å². The molecule has 0 fully saturated rings. The summed E-state index contributed by atoms with van der Waals surface area (Å²) in [5, 5.41) is 3.32. The summed E-state index contributed by atoms with van der Waals surface area (Å²) in [6.07, 6.45) is 1.13. The highest BCUT2D eigenvalue weighted by molar-refractivity contribution is 5.86. The molecule has 4 nitrogen and oxygen atoms in total. The van der Waals surface area contributed by atoms with Gasteiger partial charge in [0.1, 0.15) is 5.54 Å². The first-order valence-corrected chi connectivity index (χ1v) is 7.75. The Morgan fingerprint density at radius 3 is 2.43 bits per heavy atom. The van der Waals surface area contributed by atoms with Gasteiger partial charge in [0.15, 0.2) is 0 Å². The summed E-state index contributed by atoms with van der Waals surface area (Å²) in [7, 11) is 2.05. The number of hydrogen-bond acceptors (Lipinski definition) is 3. The van der Waals surface area contributed by atoms with Gasteiger partial charge in [-0.05, 0) is 25.1 Å². The zero-order valence-electron chi connectivity index (χ0n) is 13.7. The van der Waals surface area contributed by atoms with Crippen LogP contribution in [0.3, 0.4) is 0 Å². The molecule has 1 aromatic carbocycles. The Hall–Kier alpha value is -1.39. The first-order chi connectivity index (χ1) is 9.96. The zero-order chi connectivity index (χ0) is 15.9. The van der Waals surface area contributed by atoms with E-state index in [1.54, 1.807) is 0 Å². The number of amides is 1. The summed E-state index contributed by atoms with van der Waals surface area (Å²) >= 11 is 0. The van der Waals surface area contributed by atoms with E-state index in [0.717, 1.165) is 18.5 Å². The minimum Gasteiger partial charge on any atom is -0.368 e. The lowest BCUT2D eigenvalue weighted by molar-refractivity contribution is -0.125. The van der Waals surface area contributed by atoms with Gasteiger partial charge in [0.2, 0.25) is 5.91 Å². The van der Waals surface area contributed by atoms with E-state index in [0.29, 0.717) is 19.0 Å². The molecule has 0 aliphatic carbocycles. The molecule has 1 rings (SSSR count). The Bertz CT molecular complexity index is 435. The summed E-state index contributed by atoms with van der Waals surface area (Å²) in [5.74, 6) is 0.268. The normalized spacial score (nSPS) is 15.7. The van der Waals surface area contributed by atoms with Crippen LogP contribution >= 0.6 is 0 Å². The van der Waals surface area contributed by atoms with Crippen LogP contribution in [-0.4, -0.2) is 37.5 Å². The van der Waals surface area contributed by atoms with Crippen LogP contribution in [0.2, 0.25) is 0 Å². The van der Waals surface area contributed by atoms with Crippen LogP contribution in [-0.2, 0) is 10.3 Å². The fourth-order valence-corrected chi connectivity index (χ4v) is 2.71. The highest BCUT2D eigenvalue weighted by Gasteiger charge is 2.38. The first-order valence-electron chi connectivity index (χ1n) is 7.75. The SMILES string of the molecule is CCNC(CN(C)CC(C)CC)(C(N)=O)c1ccccc1. The van der Waals surface area contributed by atoms with Crippen LogP contribution in [0.5, 0.6) is 0 Å². The molecule has 0 saturated carbocycles. The van der Waals surface area contributed by atoms with Crippen molar-refractivity contribution in [2.24, 2.45) is 11.7 Å². The van der Waals surface area contributed by atoms with Gasteiger partial charge in [0.05, 0.1) is 0 Å². The van der Waals surface area contributed by atoms with E-state index in [2.05, 4.69) is 24.1 Å². The monoisotopic (exact) mass is 291 g/mol. The predicted molar refractivity (Wildman–Crippen MR) is 87.9 cm³/mol. The molecule has 0 spiro atoms. The second-order valence-electron chi connectivity index (χ2n) is 5.88. The number of nitrogens with zero attached hydrogens (tertiary/aromatic N) is 1. The predicted octanol–water partition coefficient (Wildman–Crippen LogP) is 1.95. The Morgan fingerprint density at radius 2 is 1.95 bits per heavy atom. The van der Waals surface area contributed by atoms with Crippen LogP contribution in [0.15, 0.2) is 30.3 Å². The maximum Gasteiger partial charge on any atom is 0.243 e. The van der Waals surface area contributed by atoms with Crippen LogP contribution in [0.1, 0.15) is 32.8 Å². The van der Waals surface area contributed by atoms with Gasteiger partial charge < -0.3 is 10.6 Å². The molecular formula is C17H29N3O. The molecule has 1 aromatic rings. The Labute approximate surface area is 128 Å². The van der Waals surface area contributed by atoms with Crippen LogP contribution < -0.4 is 11.1 Å². The molecule has 0 radical (unpaired) electrons. The van der Waals surface area contributed by atoms with E-state index >= 15 is 0 Å². The van der Waals surface area contributed by atoms with Crippen molar-refractivity contribution in [3.05, 3.63) is 35.9 Å². The standard InChI is InChI=1S/C17H29N3O/c1-5-14(3)12-20(4)13-17(16(18)21,19-6-2)15-10-8-7-9-11-15/h7-11,14,19H,5-6,12-13H2,1-4H3,(H2,18,21). The Balaban J connectivity index is 3.04. The van der Waals surface area contributed by atoms with Gasteiger partial charge in [-0.15, -0.1) is 0 Å². The third-order valence-corrected chi connectivity index (χ3v) is 3.99. The van der Waals surface area contributed by atoms with E-state index < -0.39 is 5.54 Å². The number of nitrogens with two attached hydrogens (primary N) is 1. The van der Waals surface area contributed by atoms with Crippen molar-refractivity contribution in [3.63, 3.8) is 0 Å². The molecule has 1 amide bonds. The van der Waals surface area contributed by atoms with Gasteiger partial charge >= 0.3 is 0 Å². The molecule has 2 unspecified atom stereocenters. The lowest BCUT2D eigenvalue weighted by atomic mass is 9.88. The second kappa shape index (κ2) is 8.15. The van der Waals surface area contributed by atoms with Crippen molar-refractivity contribution in [2.75, 3.05) is 26.7 Å². The summed E-state index contributed by atoms with van der Waals surface area (Å²) in [6.45, 7) is 8.61. The average Bonchev–Trinajstić information content (AvgIpc) is 2.47. The highest BCUT2D eigenvalue weighted by atomic mass is 16.1. The van der Waals surface area contributed by atoms with Gasteiger partial charge in [-0.25, -0.2) is 0 Å². The number of carbonyl (C=O) groups excluding carboxylic acids is 1. The number of hydrogen-bond donors (Lipinski definition) is 2. The molecule has 0 saturated heterocycles. The van der Waals surface area contributed by atoms with Crippen LogP contribution in [0.25, 0.3) is 0 Å². The van der Waals surface area contributed by atoms with Crippen molar-refractivity contribution < 1.29 is 4.79 Å². The quantitative estimate of drug-likeness (QED) is 0.731. The molecular weight excluding hydrogens is 262 g/mol. The molecule has 0 aliphatic rings. The third kappa shape index (κ3) is 4.55. The average molecular weight is 291 g/mol.